The van der Waals surface area contributed by atoms with Crippen LogP contribution in [0.15, 0.2) is 18.2 Å². The third-order valence-electron chi connectivity index (χ3n) is 3.73. The van der Waals surface area contributed by atoms with E-state index in [-0.39, 0.29) is 0 Å². The first-order valence-electron chi connectivity index (χ1n) is 7.32. The number of anilines is 1. The van der Waals surface area contributed by atoms with Gasteiger partial charge in [-0.25, -0.2) is 0 Å². The fourth-order valence-electron chi connectivity index (χ4n) is 2.36. The van der Waals surface area contributed by atoms with Gasteiger partial charge >= 0.3 is 0 Å². The molecule has 0 amide bonds. The molecule has 2 rings (SSSR count). The highest BCUT2D eigenvalue weighted by atomic mass is 15.1. The van der Waals surface area contributed by atoms with Crippen LogP contribution in [0.5, 0.6) is 0 Å². The Bertz CT molecular complexity index is 383. The number of benzene rings is 1. The quantitative estimate of drug-likeness (QED) is 0.792. The molecule has 0 radical (unpaired) electrons. The predicted molar refractivity (Wildman–Crippen MR) is 79.2 cm³/mol. The molecule has 1 aliphatic carbocycles. The summed E-state index contributed by atoms with van der Waals surface area (Å²) in [6.07, 6.45) is 3.92. The summed E-state index contributed by atoms with van der Waals surface area (Å²) in [5, 5.41) is 3.59. The van der Waals surface area contributed by atoms with Crippen LogP contribution in [-0.4, -0.2) is 19.1 Å². The summed E-state index contributed by atoms with van der Waals surface area (Å²) in [4.78, 5) is 2.45. The number of hydrogen-bond donors (Lipinski definition) is 1. The predicted octanol–water partition coefficient (Wildman–Crippen LogP) is 3.48. The molecule has 0 bridgehead atoms. The van der Waals surface area contributed by atoms with Crippen molar-refractivity contribution in [1.82, 2.24) is 5.32 Å². The van der Waals surface area contributed by atoms with E-state index in [1.54, 1.807) is 0 Å². The summed E-state index contributed by atoms with van der Waals surface area (Å²) >= 11 is 0. The van der Waals surface area contributed by atoms with Gasteiger partial charge in [-0.3, -0.25) is 0 Å². The smallest absolute Gasteiger partial charge is 0.0368 e. The van der Waals surface area contributed by atoms with Crippen LogP contribution >= 0.6 is 0 Å². The van der Waals surface area contributed by atoms with Gasteiger partial charge in [-0.15, -0.1) is 0 Å². The molecule has 2 heteroatoms. The van der Waals surface area contributed by atoms with Crippen LogP contribution in [0.1, 0.15) is 44.2 Å². The second kappa shape index (κ2) is 6.24. The molecular formula is C16H26N2. The van der Waals surface area contributed by atoms with Crippen molar-refractivity contribution in [2.75, 3.05) is 18.0 Å². The molecule has 0 unspecified atom stereocenters. The van der Waals surface area contributed by atoms with Crippen LogP contribution in [0.3, 0.4) is 0 Å². The molecule has 0 spiro atoms. The Morgan fingerprint density at radius 3 is 2.61 bits per heavy atom. The average molecular weight is 246 g/mol. The second-order valence-corrected chi connectivity index (χ2v) is 5.35. The van der Waals surface area contributed by atoms with Crippen LogP contribution in [0.4, 0.5) is 5.69 Å². The molecule has 18 heavy (non-hydrogen) atoms. The molecule has 0 saturated heterocycles. The van der Waals surface area contributed by atoms with Crippen LogP contribution in [0.2, 0.25) is 0 Å². The van der Waals surface area contributed by atoms with Crippen molar-refractivity contribution >= 4 is 5.69 Å². The zero-order valence-corrected chi connectivity index (χ0v) is 12.0. The van der Waals surface area contributed by atoms with Gasteiger partial charge in [0.25, 0.3) is 0 Å². The third kappa shape index (κ3) is 3.49. The number of nitrogens with zero attached hydrogens (tertiary/aromatic N) is 1. The molecule has 1 N–H and O–H groups in total. The van der Waals surface area contributed by atoms with Gasteiger partial charge in [0.2, 0.25) is 0 Å². The normalized spacial score (nSPS) is 14.8. The van der Waals surface area contributed by atoms with E-state index in [9.17, 15) is 0 Å². The Labute approximate surface area is 111 Å². The molecule has 1 aromatic rings. The van der Waals surface area contributed by atoms with Crippen LogP contribution in [-0.2, 0) is 6.54 Å². The molecule has 1 aliphatic rings. The van der Waals surface area contributed by atoms with Gasteiger partial charge in [0.1, 0.15) is 0 Å². The first kappa shape index (κ1) is 13.4. The van der Waals surface area contributed by atoms with Crippen LogP contribution < -0.4 is 10.2 Å². The van der Waals surface area contributed by atoms with Crippen molar-refractivity contribution in [3.63, 3.8) is 0 Å². The number of hydrogen-bond acceptors (Lipinski definition) is 2. The maximum atomic E-state index is 3.59. The lowest BCUT2D eigenvalue weighted by Crippen LogP contribution is -2.23. The molecule has 1 fully saturated rings. The third-order valence-corrected chi connectivity index (χ3v) is 3.73. The van der Waals surface area contributed by atoms with Gasteiger partial charge in [-0.05, 0) is 56.4 Å². The van der Waals surface area contributed by atoms with Crippen molar-refractivity contribution in [3.05, 3.63) is 29.3 Å². The molecule has 100 valence electrons. The Kier molecular flexibility index (Phi) is 4.65. The lowest BCUT2D eigenvalue weighted by atomic mass is 10.1. The largest absolute Gasteiger partial charge is 0.372 e. The zero-order chi connectivity index (χ0) is 13.0. The Balaban J connectivity index is 2.02. The van der Waals surface area contributed by atoms with E-state index >= 15 is 0 Å². The molecule has 1 saturated carbocycles. The van der Waals surface area contributed by atoms with Crippen LogP contribution in [0.25, 0.3) is 0 Å². The minimum Gasteiger partial charge on any atom is -0.372 e. The van der Waals surface area contributed by atoms with E-state index in [0.29, 0.717) is 0 Å². The molecule has 0 atom stereocenters. The van der Waals surface area contributed by atoms with Gasteiger partial charge in [0.05, 0.1) is 0 Å². The number of aryl methyl sites for hydroxylation is 1. The molecular weight excluding hydrogens is 220 g/mol. The average Bonchev–Trinajstić information content (AvgIpc) is 3.18. The van der Waals surface area contributed by atoms with Gasteiger partial charge in [-0.1, -0.05) is 13.0 Å². The topological polar surface area (TPSA) is 15.3 Å². The van der Waals surface area contributed by atoms with Crippen molar-refractivity contribution in [2.45, 2.75) is 52.6 Å². The van der Waals surface area contributed by atoms with Crippen molar-refractivity contribution < 1.29 is 0 Å². The van der Waals surface area contributed by atoms with Gasteiger partial charge < -0.3 is 10.2 Å². The summed E-state index contributed by atoms with van der Waals surface area (Å²) in [6.45, 7) is 9.96. The SMILES string of the molecule is CCCN(CC)c1ccc(CNC2CC2)c(C)c1. The fraction of sp³-hybridized carbons (Fsp3) is 0.625. The van der Waals surface area contributed by atoms with Gasteiger partial charge in [0, 0.05) is 31.4 Å². The fourth-order valence-corrected chi connectivity index (χ4v) is 2.36. The van der Waals surface area contributed by atoms with E-state index in [1.807, 2.05) is 0 Å². The lowest BCUT2D eigenvalue weighted by Gasteiger charge is -2.23. The summed E-state index contributed by atoms with van der Waals surface area (Å²) < 4.78 is 0. The monoisotopic (exact) mass is 246 g/mol. The van der Waals surface area contributed by atoms with E-state index in [2.05, 4.69) is 49.2 Å². The highest BCUT2D eigenvalue weighted by molar-refractivity contribution is 5.50. The maximum Gasteiger partial charge on any atom is 0.0368 e. The molecule has 1 aromatic carbocycles. The van der Waals surface area contributed by atoms with Crippen LogP contribution in [0, 0.1) is 6.92 Å². The van der Waals surface area contributed by atoms with E-state index in [4.69, 9.17) is 0 Å². The standard InChI is InChI=1S/C16H26N2/c1-4-10-18(5-2)16-9-6-14(13(3)11-16)12-17-15-7-8-15/h6,9,11,15,17H,4-5,7-8,10,12H2,1-3H3. The molecule has 0 aliphatic heterocycles. The van der Waals surface area contributed by atoms with E-state index < -0.39 is 0 Å². The first-order chi connectivity index (χ1) is 8.74. The highest BCUT2D eigenvalue weighted by Crippen LogP contribution is 2.22. The minimum absolute atomic E-state index is 0.788. The second-order valence-electron chi connectivity index (χ2n) is 5.35. The van der Waals surface area contributed by atoms with Crippen molar-refractivity contribution in [1.29, 1.82) is 0 Å². The van der Waals surface area contributed by atoms with Crippen molar-refractivity contribution in [3.8, 4) is 0 Å². The Hall–Kier alpha value is -1.02. The minimum atomic E-state index is 0.788. The van der Waals surface area contributed by atoms with Gasteiger partial charge in [0.15, 0.2) is 0 Å². The summed E-state index contributed by atoms with van der Waals surface area (Å²) in [6, 6.07) is 7.69. The summed E-state index contributed by atoms with van der Waals surface area (Å²) in [5.74, 6) is 0. The van der Waals surface area contributed by atoms with Crippen molar-refractivity contribution in [2.24, 2.45) is 0 Å². The zero-order valence-electron chi connectivity index (χ0n) is 12.0. The summed E-state index contributed by atoms with van der Waals surface area (Å²) in [5.41, 5.74) is 4.22. The highest BCUT2D eigenvalue weighted by Gasteiger charge is 2.20. The van der Waals surface area contributed by atoms with E-state index in [0.717, 1.165) is 25.7 Å². The molecule has 2 nitrogen and oxygen atoms in total. The summed E-state index contributed by atoms with van der Waals surface area (Å²) in [7, 11) is 0. The molecule has 0 aromatic heterocycles. The number of rotatable bonds is 7. The Morgan fingerprint density at radius 1 is 1.28 bits per heavy atom. The maximum absolute atomic E-state index is 3.59. The lowest BCUT2D eigenvalue weighted by molar-refractivity contribution is 0.685. The van der Waals surface area contributed by atoms with E-state index in [1.165, 1.54) is 36.1 Å². The Morgan fingerprint density at radius 2 is 2.06 bits per heavy atom. The number of nitrogens with one attached hydrogen (secondary N) is 1. The first-order valence-corrected chi connectivity index (χ1v) is 7.32. The molecule has 0 heterocycles. The van der Waals surface area contributed by atoms with Gasteiger partial charge in [-0.2, -0.15) is 0 Å².